The molecule has 1 aromatic heterocycles. The topological polar surface area (TPSA) is 53.1 Å². The predicted molar refractivity (Wildman–Crippen MR) is 71.8 cm³/mol. The van der Waals surface area contributed by atoms with Gasteiger partial charge in [-0.2, -0.15) is 5.10 Å². The maximum Gasteiger partial charge on any atom is 0.165 e. The zero-order valence-corrected chi connectivity index (χ0v) is 11.0. The van der Waals surface area contributed by atoms with Gasteiger partial charge in [-0.1, -0.05) is 6.92 Å². The molecule has 0 spiro atoms. The molecular formula is C14H18FN3O. The molecule has 0 radical (unpaired) electrons. The van der Waals surface area contributed by atoms with E-state index in [9.17, 15) is 4.39 Å². The van der Waals surface area contributed by atoms with Crippen LogP contribution in [0.15, 0.2) is 30.6 Å². The van der Waals surface area contributed by atoms with Gasteiger partial charge >= 0.3 is 0 Å². The number of halogens is 1. The van der Waals surface area contributed by atoms with Gasteiger partial charge in [0, 0.05) is 12.6 Å². The van der Waals surface area contributed by atoms with Crippen LogP contribution in [0.5, 0.6) is 11.5 Å². The lowest BCUT2D eigenvalue weighted by Gasteiger charge is -2.06. The second-order valence-electron chi connectivity index (χ2n) is 4.38. The van der Waals surface area contributed by atoms with E-state index in [-0.39, 0.29) is 5.82 Å². The molecule has 2 rings (SSSR count). The van der Waals surface area contributed by atoms with Gasteiger partial charge in [0.25, 0.3) is 0 Å². The van der Waals surface area contributed by atoms with Gasteiger partial charge in [0.15, 0.2) is 5.75 Å². The van der Waals surface area contributed by atoms with Crippen molar-refractivity contribution in [3.63, 3.8) is 0 Å². The fourth-order valence-electron chi connectivity index (χ4n) is 1.88. The van der Waals surface area contributed by atoms with Crippen molar-refractivity contribution >= 4 is 0 Å². The highest BCUT2D eigenvalue weighted by Gasteiger charge is 2.05. The van der Waals surface area contributed by atoms with Crippen molar-refractivity contribution < 1.29 is 9.13 Å². The Hall–Kier alpha value is -1.88. The van der Waals surface area contributed by atoms with Crippen molar-refractivity contribution in [2.45, 2.75) is 26.3 Å². The van der Waals surface area contributed by atoms with Crippen LogP contribution in [-0.4, -0.2) is 16.3 Å². The molecule has 102 valence electrons. The summed E-state index contributed by atoms with van der Waals surface area (Å²) in [6.07, 6.45) is 5.06. The van der Waals surface area contributed by atoms with E-state index in [1.54, 1.807) is 23.1 Å². The van der Waals surface area contributed by atoms with E-state index in [0.717, 1.165) is 18.5 Å². The van der Waals surface area contributed by atoms with Crippen LogP contribution in [0.1, 0.15) is 18.9 Å². The van der Waals surface area contributed by atoms with E-state index >= 15 is 0 Å². The summed E-state index contributed by atoms with van der Waals surface area (Å²) in [6.45, 7) is 3.40. The van der Waals surface area contributed by atoms with Gasteiger partial charge in [-0.15, -0.1) is 0 Å². The average molecular weight is 263 g/mol. The summed E-state index contributed by atoms with van der Waals surface area (Å²) < 4.78 is 20.8. The smallest absolute Gasteiger partial charge is 0.165 e. The molecule has 4 nitrogen and oxygen atoms in total. The lowest BCUT2D eigenvalue weighted by atomic mass is 10.1. The number of ether oxygens (including phenoxy) is 1. The van der Waals surface area contributed by atoms with Gasteiger partial charge in [0.05, 0.1) is 12.4 Å². The first kappa shape index (κ1) is 13.5. The fraction of sp³-hybridized carbons (Fsp3) is 0.357. The average Bonchev–Trinajstić information content (AvgIpc) is 2.76. The Labute approximate surface area is 112 Å². The minimum atomic E-state index is -0.318. The number of hydrogen-bond acceptors (Lipinski definition) is 3. The van der Waals surface area contributed by atoms with Crippen molar-refractivity contribution in [2.75, 3.05) is 6.54 Å². The first-order valence-electron chi connectivity index (χ1n) is 6.41. The molecule has 0 saturated heterocycles. The monoisotopic (exact) mass is 263 g/mol. The normalized spacial score (nSPS) is 10.7. The minimum Gasteiger partial charge on any atom is -0.454 e. The zero-order chi connectivity index (χ0) is 13.7. The molecule has 5 heteroatoms. The summed E-state index contributed by atoms with van der Waals surface area (Å²) in [7, 11) is 0. The molecule has 0 aliphatic carbocycles. The van der Waals surface area contributed by atoms with Crippen LogP contribution >= 0.6 is 0 Å². The summed E-state index contributed by atoms with van der Waals surface area (Å²) >= 11 is 0. The first-order valence-corrected chi connectivity index (χ1v) is 6.41. The van der Waals surface area contributed by atoms with Crippen LogP contribution < -0.4 is 10.5 Å². The maximum absolute atomic E-state index is 13.4. The molecule has 0 aliphatic rings. The Morgan fingerprint density at radius 1 is 1.32 bits per heavy atom. The Kier molecular flexibility index (Phi) is 4.52. The van der Waals surface area contributed by atoms with E-state index in [4.69, 9.17) is 10.5 Å². The highest BCUT2D eigenvalue weighted by atomic mass is 19.1. The number of hydrogen-bond donors (Lipinski definition) is 1. The molecule has 1 aromatic carbocycles. The number of aryl methyl sites for hydroxylation is 1. The zero-order valence-electron chi connectivity index (χ0n) is 11.0. The van der Waals surface area contributed by atoms with Crippen molar-refractivity contribution in [3.05, 3.63) is 42.0 Å². The van der Waals surface area contributed by atoms with Gasteiger partial charge in [-0.05, 0) is 37.1 Å². The molecular weight excluding hydrogens is 245 g/mol. The van der Waals surface area contributed by atoms with E-state index < -0.39 is 0 Å². The Morgan fingerprint density at radius 3 is 2.89 bits per heavy atom. The number of nitrogens with zero attached hydrogens (tertiary/aromatic N) is 2. The van der Waals surface area contributed by atoms with Crippen molar-refractivity contribution in [1.29, 1.82) is 0 Å². The molecule has 0 aliphatic heterocycles. The van der Waals surface area contributed by atoms with Crippen LogP contribution in [0.25, 0.3) is 0 Å². The highest BCUT2D eigenvalue weighted by Crippen LogP contribution is 2.23. The molecule has 2 N–H and O–H groups in total. The lowest BCUT2D eigenvalue weighted by molar-refractivity contribution is 0.474. The van der Waals surface area contributed by atoms with Crippen molar-refractivity contribution in [1.82, 2.24) is 9.78 Å². The van der Waals surface area contributed by atoms with Gasteiger partial charge in [0.1, 0.15) is 11.6 Å². The minimum absolute atomic E-state index is 0.318. The Bertz CT molecular complexity index is 539. The SMILES string of the molecule is CCCn1cc(Oc2cc(F)cc(CCN)c2)cn1. The van der Waals surface area contributed by atoms with Gasteiger partial charge in [-0.3, -0.25) is 4.68 Å². The molecule has 0 amide bonds. The summed E-state index contributed by atoms with van der Waals surface area (Å²) in [4.78, 5) is 0. The fourth-order valence-corrected chi connectivity index (χ4v) is 1.88. The number of rotatable bonds is 6. The van der Waals surface area contributed by atoms with Crippen molar-refractivity contribution in [3.8, 4) is 11.5 Å². The van der Waals surface area contributed by atoms with E-state index in [0.29, 0.717) is 24.5 Å². The summed E-state index contributed by atoms with van der Waals surface area (Å²) in [5.74, 6) is 0.763. The largest absolute Gasteiger partial charge is 0.454 e. The molecule has 0 unspecified atom stereocenters. The van der Waals surface area contributed by atoms with E-state index in [2.05, 4.69) is 12.0 Å². The quantitative estimate of drug-likeness (QED) is 0.871. The number of benzene rings is 1. The first-order chi connectivity index (χ1) is 9.21. The lowest BCUT2D eigenvalue weighted by Crippen LogP contribution is -2.03. The molecule has 0 bridgehead atoms. The summed E-state index contributed by atoms with van der Waals surface area (Å²) in [5.41, 5.74) is 6.31. The van der Waals surface area contributed by atoms with Crippen molar-refractivity contribution in [2.24, 2.45) is 5.73 Å². The third kappa shape index (κ3) is 3.79. The molecule has 0 atom stereocenters. The molecule has 2 aromatic rings. The van der Waals surface area contributed by atoms with Crippen LogP contribution in [0.4, 0.5) is 4.39 Å². The van der Waals surface area contributed by atoms with Crippen LogP contribution in [-0.2, 0) is 13.0 Å². The van der Waals surface area contributed by atoms with Crippen LogP contribution in [0, 0.1) is 5.82 Å². The Balaban J connectivity index is 2.12. The van der Waals surface area contributed by atoms with Gasteiger partial charge < -0.3 is 10.5 Å². The standard InChI is InChI=1S/C14H18FN3O/c1-2-5-18-10-14(9-17-18)19-13-7-11(3-4-16)6-12(15)8-13/h6-10H,2-5,16H2,1H3. The van der Waals surface area contributed by atoms with E-state index in [1.165, 1.54) is 12.1 Å². The third-order valence-electron chi connectivity index (χ3n) is 2.66. The summed E-state index contributed by atoms with van der Waals surface area (Å²) in [5, 5.41) is 4.16. The van der Waals surface area contributed by atoms with E-state index in [1.807, 2.05) is 0 Å². The summed E-state index contributed by atoms with van der Waals surface area (Å²) in [6, 6.07) is 4.63. The predicted octanol–water partition coefficient (Wildman–Crippen LogP) is 2.73. The second-order valence-corrected chi connectivity index (χ2v) is 4.38. The molecule has 1 heterocycles. The van der Waals surface area contributed by atoms with Crippen LogP contribution in [0.3, 0.4) is 0 Å². The molecule has 0 fully saturated rings. The highest BCUT2D eigenvalue weighted by molar-refractivity contribution is 5.33. The maximum atomic E-state index is 13.4. The van der Waals surface area contributed by atoms with Crippen LogP contribution in [0.2, 0.25) is 0 Å². The molecule has 19 heavy (non-hydrogen) atoms. The molecule has 0 saturated carbocycles. The van der Waals surface area contributed by atoms with Gasteiger partial charge in [0.2, 0.25) is 0 Å². The third-order valence-corrected chi connectivity index (χ3v) is 2.66. The van der Waals surface area contributed by atoms with Gasteiger partial charge in [-0.25, -0.2) is 4.39 Å². The second kappa shape index (κ2) is 6.33. The Morgan fingerprint density at radius 2 is 2.16 bits per heavy atom. The number of aromatic nitrogens is 2. The number of nitrogens with two attached hydrogens (primary N) is 1.